The summed E-state index contributed by atoms with van der Waals surface area (Å²) < 4.78 is 0. The first-order valence-electron chi connectivity index (χ1n) is 5.56. The molecule has 98 valence electrons. The average molecular weight is 295 g/mol. The van der Waals surface area contributed by atoms with Gasteiger partial charge in [0.25, 0.3) is 0 Å². The molecule has 0 spiro atoms. The van der Waals surface area contributed by atoms with Crippen molar-refractivity contribution in [1.29, 1.82) is 0 Å². The van der Waals surface area contributed by atoms with Crippen LogP contribution in [0.15, 0.2) is 42.7 Å². The van der Waals surface area contributed by atoms with Gasteiger partial charge in [0.05, 0.1) is 12.8 Å². The molecule has 19 heavy (non-hydrogen) atoms. The van der Waals surface area contributed by atoms with Crippen molar-refractivity contribution in [3.05, 3.63) is 63.9 Å². The molecule has 0 aliphatic heterocycles. The first-order chi connectivity index (χ1) is 9.19. The molecule has 0 aliphatic carbocycles. The van der Waals surface area contributed by atoms with Crippen LogP contribution in [0.3, 0.4) is 0 Å². The zero-order chi connectivity index (χ0) is 13.7. The van der Waals surface area contributed by atoms with E-state index < -0.39 is 0 Å². The number of hydrogen-bond donors (Lipinski definition) is 1. The zero-order valence-corrected chi connectivity index (χ0v) is 11.7. The fourth-order valence-corrected chi connectivity index (χ4v) is 2.15. The molecule has 0 aliphatic rings. The van der Waals surface area contributed by atoms with Crippen LogP contribution in [-0.4, -0.2) is 12.1 Å². The molecule has 1 N–H and O–H groups in total. The summed E-state index contributed by atoms with van der Waals surface area (Å²) in [7, 11) is 1.54. The molecule has 0 unspecified atom stereocenters. The van der Waals surface area contributed by atoms with Crippen molar-refractivity contribution in [1.82, 2.24) is 10.5 Å². The van der Waals surface area contributed by atoms with Gasteiger partial charge in [-0.25, -0.2) is 0 Å². The van der Waals surface area contributed by atoms with Crippen molar-refractivity contribution in [2.24, 2.45) is 0 Å². The van der Waals surface area contributed by atoms with Gasteiger partial charge >= 0.3 is 0 Å². The summed E-state index contributed by atoms with van der Waals surface area (Å²) >= 11 is 12.0. The monoisotopic (exact) mass is 294 g/mol. The van der Waals surface area contributed by atoms with Gasteiger partial charge in [-0.15, -0.1) is 0 Å². The van der Waals surface area contributed by atoms with E-state index in [-0.39, 0.29) is 0 Å². The number of nitrogens with zero attached hydrogens (tertiary/aromatic N) is 1. The van der Waals surface area contributed by atoms with Crippen LogP contribution in [-0.2, 0) is 4.84 Å². The van der Waals surface area contributed by atoms with Gasteiger partial charge in [0, 0.05) is 28.0 Å². The molecule has 0 atom stereocenters. The third-order valence-corrected chi connectivity index (χ3v) is 2.82. The summed E-state index contributed by atoms with van der Waals surface area (Å²) in [5.41, 5.74) is 5.35. The van der Waals surface area contributed by atoms with Crippen molar-refractivity contribution < 1.29 is 4.84 Å². The zero-order valence-electron chi connectivity index (χ0n) is 10.2. The number of halogens is 2. The van der Waals surface area contributed by atoms with E-state index in [9.17, 15) is 0 Å². The van der Waals surface area contributed by atoms with Crippen molar-refractivity contribution >= 4 is 35.0 Å². The minimum atomic E-state index is 0.567. The lowest BCUT2D eigenvalue weighted by Crippen LogP contribution is -2.10. The smallest absolute Gasteiger partial charge is 0.0684 e. The van der Waals surface area contributed by atoms with E-state index in [0.29, 0.717) is 10.0 Å². The summed E-state index contributed by atoms with van der Waals surface area (Å²) in [5.74, 6) is 0. The van der Waals surface area contributed by atoms with E-state index in [1.54, 1.807) is 25.6 Å². The van der Waals surface area contributed by atoms with E-state index in [1.807, 2.05) is 30.3 Å². The van der Waals surface area contributed by atoms with Crippen LogP contribution in [0.4, 0.5) is 0 Å². The van der Waals surface area contributed by atoms with E-state index in [1.165, 1.54) is 0 Å². The summed E-state index contributed by atoms with van der Waals surface area (Å²) in [5, 5.41) is 1.13. The van der Waals surface area contributed by atoms with Gasteiger partial charge in [-0.2, -0.15) is 0 Å². The van der Waals surface area contributed by atoms with Gasteiger partial charge in [0.2, 0.25) is 0 Å². The Morgan fingerprint density at radius 1 is 1.26 bits per heavy atom. The maximum absolute atomic E-state index is 6.00. The second-order valence-electron chi connectivity index (χ2n) is 3.81. The summed E-state index contributed by atoms with van der Waals surface area (Å²) in [6.07, 6.45) is 5.37. The van der Waals surface area contributed by atoms with Crippen LogP contribution in [0, 0.1) is 0 Å². The second kappa shape index (κ2) is 6.57. The Morgan fingerprint density at radius 3 is 2.58 bits per heavy atom. The van der Waals surface area contributed by atoms with Crippen LogP contribution >= 0.6 is 23.2 Å². The Hall–Kier alpha value is -1.55. The molecule has 1 heterocycles. The highest BCUT2D eigenvalue weighted by atomic mass is 35.5. The van der Waals surface area contributed by atoms with Crippen molar-refractivity contribution in [3.8, 4) is 0 Å². The lowest BCUT2D eigenvalue weighted by molar-refractivity contribution is 0.137. The van der Waals surface area contributed by atoms with Crippen molar-refractivity contribution in [2.45, 2.75) is 0 Å². The number of hydroxylamine groups is 1. The fraction of sp³-hybridized carbons (Fsp3) is 0.0714. The highest BCUT2D eigenvalue weighted by Gasteiger charge is 2.05. The highest BCUT2D eigenvalue weighted by Crippen LogP contribution is 2.24. The van der Waals surface area contributed by atoms with Gasteiger partial charge in [0.15, 0.2) is 0 Å². The Morgan fingerprint density at radius 2 is 2.00 bits per heavy atom. The normalized spacial score (nSPS) is 11.4. The maximum Gasteiger partial charge on any atom is 0.0684 e. The van der Waals surface area contributed by atoms with E-state index >= 15 is 0 Å². The van der Waals surface area contributed by atoms with Gasteiger partial charge < -0.3 is 0 Å². The fourth-order valence-electron chi connectivity index (χ4n) is 1.62. The Kier molecular flexibility index (Phi) is 4.80. The molecule has 2 rings (SSSR count). The number of rotatable bonds is 4. The molecule has 0 bridgehead atoms. The number of pyridine rings is 1. The standard InChI is InChI=1S/C14H12Cl2N2O/c1-19-18-14(5-10-3-2-4-17-9-10)11-6-12(15)8-13(16)7-11/h2-9,18H,1H3. The van der Waals surface area contributed by atoms with Gasteiger partial charge in [-0.1, -0.05) is 29.3 Å². The van der Waals surface area contributed by atoms with Gasteiger partial charge in [0.1, 0.15) is 0 Å². The summed E-state index contributed by atoms with van der Waals surface area (Å²) in [6, 6.07) is 9.10. The topological polar surface area (TPSA) is 34.1 Å². The molecule has 3 nitrogen and oxygen atoms in total. The Balaban J connectivity index is 2.42. The third kappa shape index (κ3) is 3.96. The molecule has 0 amide bonds. The molecule has 0 radical (unpaired) electrons. The van der Waals surface area contributed by atoms with Gasteiger partial charge in [-0.3, -0.25) is 15.3 Å². The largest absolute Gasteiger partial charge is 0.279 e. The second-order valence-corrected chi connectivity index (χ2v) is 4.68. The third-order valence-electron chi connectivity index (χ3n) is 2.38. The van der Waals surface area contributed by atoms with Gasteiger partial charge in [-0.05, 0) is 35.9 Å². The summed E-state index contributed by atoms with van der Waals surface area (Å²) in [4.78, 5) is 9.05. The molecule has 1 aromatic heterocycles. The molecule has 2 aromatic rings. The van der Waals surface area contributed by atoms with Crippen molar-refractivity contribution in [3.63, 3.8) is 0 Å². The minimum absolute atomic E-state index is 0.567. The molecule has 1 aromatic carbocycles. The van der Waals surface area contributed by atoms with Crippen LogP contribution in [0.1, 0.15) is 11.1 Å². The molecule has 0 saturated heterocycles. The lowest BCUT2D eigenvalue weighted by atomic mass is 10.1. The van der Waals surface area contributed by atoms with Crippen LogP contribution in [0.5, 0.6) is 0 Å². The van der Waals surface area contributed by atoms with Crippen molar-refractivity contribution in [2.75, 3.05) is 7.11 Å². The average Bonchev–Trinajstić information content (AvgIpc) is 2.38. The number of nitrogens with one attached hydrogen (secondary N) is 1. The van der Waals surface area contributed by atoms with E-state index in [4.69, 9.17) is 28.0 Å². The molecule has 5 heteroatoms. The predicted molar refractivity (Wildman–Crippen MR) is 78.7 cm³/mol. The van der Waals surface area contributed by atoms with Crippen LogP contribution < -0.4 is 5.48 Å². The maximum atomic E-state index is 6.00. The Labute approximate surface area is 121 Å². The minimum Gasteiger partial charge on any atom is -0.279 e. The number of hydrogen-bond acceptors (Lipinski definition) is 3. The first-order valence-corrected chi connectivity index (χ1v) is 6.32. The molecule has 0 saturated carbocycles. The summed E-state index contributed by atoms with van der Waals surface area (Å²) in [6.45, 7) is 0. The lowest BCUT2D eigenvalue weighted by Gasteiger charge is -2.10. The van der Waals surface area contributed by atoms with E-state index in [2.05, 4.69) is 10.5 Å². The quantitative estimate of drug-likeness (QED) is 0.864. The van der Waals surface area contributed by atoms with Crippen LogP contribution in [0.2, 0.25) is 10.0 Å². The SMILES string of the molecule is CONC(=Cc1cccnc1)c1cc(Cl)cc(Cl)c1. The molecular weight excluding hydrogens is 283 g/mol. The molecular formula is C14H12Cl2N2O. The predicted octanol–water partition coefficient (Wildman–Crippen LogP) is 4.04. The highest BCUT2D eigenvalue weighted by molar-refractivity contribution is 6.34. The number of aromatic nitrogens is 1. The van der Waals surface area contributed by atoms with Crippen LogP contribution in [0.25, 0.3) is 11.8 Å². The first kappa shape index (κ1) is 13.9. The number of benzene rings is 1. The molecule has 0 fully saturated rings. The van der Waals surface area contributed by atoms with E-state index in [0.717, 1.165) is 16.8 Å². The Bertz CT molecular complexity index is 565.